The van der Waals surface area contributed by atoms with Gasteiger partial charge in [-0.05, 0) is 0 Å². The Morgan fingerprint density at radius 2 is 1.14 bits per heavy atom. The molecule has 0 aliphatic rings. The van der Waals surface area contributed by atoms with Crippen LogP contribution in [-0.2, 0) is 26.4 Å². The van der Waals surface area contributed by atoms with Crippen LogP contribution in [0.15, 0.2) is 6.07 Å². The minimum atomic E-state index is -2.13. The van der Waals surface area contributed by atoms with Gasteiger partial charge in [0.05, 0.1) is 0 Å². The fourth-order valence-corrected chi connectivity index (χ4v) is 0.180. The first-order valence-corrected chi connectivity index (χ1v) is 13.1. The normalized spacial score (nSPS) is 5.71. The molecule has 7 heteroatoms. The number of hydrogen-bond acceptors (Lipinski definition) is 0. The van der Waals surface area contributed by atoms with Crippen LogP contribution in [0.5, 0.6) is 0 Å². The molecule has 0 saturated heterocycles. The SMILES string of the molecule is [C-]#[O+].[C-]#[O+].[Cl][Sn]([Cl])[Cl].[Fe].[c-]1[c-][c-][cH-][c-]1. The third-order valence-corrected chi connectivity index (χ3v) is 0.351. The quantitative estimate of drug-likeness (QED) is 0.366. The van der Waals surface area contributed by atoms with Gasteiger partial charge in [-0.3, -0.25) is 0 Å². The summed E-state index contributed by atoms with van der Waals surface area (Å²) in [5, 5.41) is 0. The van der Waals surface area contributed by atoms with E-state index in [0.717, 1.165) is 0 Å². The summed E-state index contributed by atoms with van der Waals surface area (Å²) < 4.78 is 15.0. The van der Waals surface area contributed by atoms with Gasteiger partial charge in [-0.2, -0.15) is 0 Å². The molecule has 0 heterocycles. The fraction of sp³-hybridized carbons (Fsp3) is 0. The largest absolute Gasteiger partial charge is 0.999 e. The van der Waals surface area contributed by atoms with Crippen LogP contribution in [0.25, 0.3) is 0 Å². The van der Waals surface area contributed by atoms with E-state index in [9.17, 15) is 0 Å². The first-order chi connectivity index (χ1) is 6.23. The molecule has 0 bridgehead atoms. The Labute approximate surface area is 112 Å². The maximum Gasteiger partial charge on any atom is 0 e. The maximum absolute atomic E-state index is 7.50. The van der Waals surface area contributed by atoms with Gasteiger partial charge in [-0.15, -0.1) is 0 Å². The molecule has 0 N–H and O–H groups in total. The zero-order valence-corrected chi connectivity index (χ0v) is 12.6. The average molecular weight is 398 g/mol. The number of hydrogen-bond donors (Lipinski definition) is 0. The van der Waals surface area contributed by atoms with Gasteiger partial charge in [0.2, 0.25) is 0 Å². The first kappa shape index (κ1) is 24.3. The molecule has 79 valence electrons. The molecule has 0 atom stereocenters. The van der Waals surface area contributed by atoms with Crippen molar-refractivity contribution >= 4 is 43.1 Å². The molecule has 1 aromatic carbocycles. The van der Waals surface area contributed by atoms with Gasteiger partial charge in [0, 0.05) is 17.1 Å². The van der Waals surface area contributed by atoms with Crippen LogP contribution in [0.4, 0.5) is 0 Å². The predicted molar refractivity (Wildman–Crippen MR) is 48.6 cm³/mol. The Morgan fingerprint density at radius 3 is 1.21 bits per heavy atom. The van der Waals surface area contributed by atoms with Gasteiger partial charge in [0.1, 0.15) is 0 Å². The van der Waals surface area contributed by atoms with Gasteiger partial charge in [-0.1, -0.05) is 0 Å². The molecule has 1 aromatic rings. The second kappa shape index (κ2) is 29.2. The average Bonchev–Trinajstić information content (AvgIpc) is 2.67. The molecule has 1 radical (unpaired) electrons. The molecule has 1 rings (SSSR count). The molecular weight excluding hydrogens is 397 g/mol. The minimum absolute atomic E-state index is 0. The molecule has 0 fully saturated rings. The fourth-order valence-electron chi connectivity index (χ4n) is 0.180. The molecule has 2 nitrogen and oxygen atoms in total. The second-order valence-corrected chi connectivity index (χ2v) is 13.6. The van der Waals surface area contributed by atoms with E-state index in [1.165, 1.54) is 0 Å². The van der Waals surface area contributed by atoms with Gasteiger partial charge in [-0.25, -0.2) is 0 Å². The summed E-state index contributed by atoms with van der Waals surface area (Å²) in [5.41, 5.74) is 0. The summed E-state index contributed by atoms with van der Waals surface area (Å²) >= 11 is -2.13. The molecule has 0 unspecified atom stereocenters. The zero-order chi connectivity index (χ0) is 11.1. The summed E-state index contributed by atoms with van der Waals surface area (Å²) in [6.45, 7) is 9.00. The molecule has 0 aliphatic heterocycles. The van der Waals surface area contributed by atoms with Crippen LogP contribution < -0.4 is 0 Å². The van der Waals surface area contributed by atoms with Crippen molar-refractivity contribution in [3.8, 4) is 0 Å². The number of halogens is 3. The van der Waals surface area contributed by atoms with E-state index in [2.05, 4.69) is 37.6 Å². The van der Waals surface area contributed by atoms with Crippen molar-refractivity contribution in [1.29, 1.82) is 0 Å². The summed E-state index contributed by atoms with van der Waals surface area (Å²) in [7, 11) is 15.0. The van der Waals surface area contributed by atoms with Crippen LogP contribution in [0.3, 0.4) is 0 Å². The standard InChI is InChI=1S/C5H.2CO.3ClH.Fe.Sn/c1-2-4-5-3-1;2*1-2;;;;;/h1H;;;3*1H;;/q-5;;;;;;;+3/p-3. The second-order valence-electron chi connectivity index (χ2n) is 0.897. The molecule has 0 aromatic heterocycles. The van der Waals surface area contributed by atoms with Crippen molar-refractivity contribution in [2.45, 2.75) is 0 Å². The monoisotopic (exact) mass is 398 g/mol. The number of rotatable bonds is 0. The van der Waals surface area contributed by atoms with Crippen molar-refractivity contribution in [3.63, 3.8) is 0 Å². The third-order valence-electron chi connectivity index (χ3n) is 0.351. The van der Waals surface area contributed by atoms with Crippen LogP contribution in [0, 0.1) is 37.6 Å². The van der Waals surface area contributed by atoms with Crippen molar-refractivity contribution in [3.05, 3.63) is 43.6 Å². The van der Waals surface area contributed by atoms with E-state index in [0.29, 0.717) is 0 Å². The van der Waals surface area contributed by atoms with Gasteiger partial charge < -0.3 is 30.3 Å². The Hall–Kier alpha value is 1.02. The van der Waals surface area contributed by atoms with E-state index in [-0.39, 0.29) is 17.1 Å². The molecular formula is C7HCl3FeO2Sn-5. The zero-order valence-electron chi connectivity index (χ0n) is 6.38. The third kappa shape index (κ3) is 51.9. The minimum Gasteiger partial charge on any atom is -0.999 e. The van der Waals surface area contributed by atoms with Gasteiger partial charge >= 0.3 is 65.7 Å². The Morgan fingerprint density at radius 1 is 0.929 bits per heavy atom. The summed E-state index contributed by atoms with van der Waals surface area (Å²) in [5.74, 6) is 0. The van der Waals surface area contributed by atoms with Crippen LogP contribution >= 0.6 is 26.8 Å². The molecule has 14 heavy (non-hydrogen) atoms. The van der Waals surface area contributed by atoms with E-state index < -0.39 is 16.4 Å². The summed E-state index contributed by atoms with van der Waals surface area (Å²) in [6, 6.07) is 12.0. The van der Waals surface area contributed by atoms with E-state index in [1.54, 1.807) is 6.07 Å². The summed E-state index contributed by atoms with van der Waals surface area (Å²) in [6.07, 6.45) is 0. The van der Waals surface area contributed by atoms with Gasteiger partial charge in [0.15, 0.2) is 0 Å². The van der Waals surface area contributed by atoms with Gasteiger partial charge in [0.25, 0.3) is 0 Å². The Kier molecular flexibility index (Phi) is 50.7. The van der Waals surface area contributed by atoms with Crippen molar-refractivity contribution < 1.29 is 26.4 Å². The van der Waals surface area contributed by atoms with Crippen molar-refractivity contribution in [2.24, 2.45) is 0 Å². The van der Waals surface area contributed by atoms with Crippen LogP contribution in [-0.4, -0.2) is 16.4 Å². The molecule has 0 aliphatic carbocycles. The Bertz CT molecular complexity index is 163. The van der Waals surface area contributed by atoms with E-state index in [1.807, 2.05) is 0 Å². The predicted octanol–water partition coefficient (Wildman–Crippen LogP) is 2.22. The van der Waals surface area contributed by atoms with Crippen LogP contribution in [0.1, 0.15) is 0 Å². The van der Waals surface area contributed by atoms with E-state index >= 15 is 0 Å². The Balaban J connectivity index is -0.0000000511. The molecule has 0 spiro atoms. The van der Waals surface area contributed by atoms with E-state index in [4.69, 9.17) is 36.1 Å². The molecule has 0 saturated carbocycles. The molecule has 0 amide bonds. The van der Waals surface area contributed by atoms with Crippen molar-refractivity contribution in [1.82, 2.24) is 0 Å². The first-order valence-electron chi connectivity index (χ1n) is 2.30. The smallest absolute Gasteiger partial charge is 0 e. The van der Waals surface area contributed by atoms with Crippen LogP contribution in [0.2, 0.25) is 0 Å². The van der Waals surface area contributed by atoms with Crippen molar-refractivity contribution in [2.75, 3.05) is 0 Å². The topological polar surface area (TPSA) is 39.8 Å². The summed E-state index contributed by atoms with van der Waals surface area (Å²) in [4.78, 5) is 0. The maximum atomic E-state index is 7.50.